The monoisotopic (exact) mass is 363 g/mol. The Morgan fingerprint density at radius 3 is 2.29 bits per heavy atom. The molecule has 0 aliphatic heterocycles. The molecule has 4 nitrogen and oxygen atoms in total. The van der Waals surface area contributed by atoms with E-state index in [1.807, 2.05) is 37.3 Å². The van der Waals surface area contributed by atoms with Crippen molar-refractivity contribution in [3.8, 4) is 0 Å². The maximum Gasteiger partial charge on any atom is 0.230 e. The second-order valence-corrected chi connectivity index (χ2v) is 8.61. The van der Waals surface area contributed by atoms with E-state index in [4.69, 9.17) is 0 Å². The summed E-state index contributed by atoms with van der Waals surface area (Å²) in [6, 6.07) is 16.5. The molecule has 0 radical (unpaired) electrons. The lowest BCUT2D eigenvalue weighted by atomic mass is 10.1. The molecule has 0 saturated heterocycles. The summed E-state index contributed by atoms with van der Waals surface area (Å²) in [6.45, 7) is 1.88. The molecule has 0 aliphatic carbocycles. The van der Waals surface area contributed by atoms with Crippen LogP contribution in [0.4, 0.5) is 0 Å². The maximum atomic E-state index is 12.0. The predicted octanol–water partition coefficient (Wildman–Crippen LogP) is 3.20. The highest BCUT2D eigenvalue weighted by Crippen LogP contribution is 2.17. The van der Waals surface area contributed by atoms with Gasteiger partial charge in [-0.15, -0.1) is 11.8 Å². The second kappa shape index (κ2) is 8.35. The molecule has 0 unspecified atom stereocenters. The SMILES string of the molecule is C[C@H](NC(=O)CSCc1ccccc1)c1ccc(S(C)(=O)=O)cc1. The van der Waals surface area contributed by atoms with E-state index in [0.29, 0.717) is 5.75 Å². The Morgan fingerprint density at radius 1 is 1.08 bits per heavy atom. The van der Waals surface area contributed by atoms with E-state index >= 15 is 0 Å². The highest BCUT2D eigenvalue weighted by atomic mass is 32.2. The van der Waals surface area contributed by atoms with Crippen molar-refractivity contribution >= 4 is 27.5 Å². The van der Waals surface area contributed by atoms with Crippen LogP contribution in [0.25, 0.3) is 0 Å². The minimum atomic E-state index is -3.20. The Labute approximate surface area is 147 Å². The Kier molecular flexibility index (Phi) is 6.45. The molecule has 1 amide bonds. The lowest BCUT2D eigenvalue weighted by Gasteiger charge is -2.14. The van der Waals surface area contributed by atoms with Crippen LogP contribution >= 0.6 is 11.8 Å². The normalized spacial score (nSPS) is 12.6. The van der Waals surface area contributed by atoms with Crippen LogP contribution < -0.4 is 5.32 Å². The zero-order valence-corrected chi connectivity index (χ0v) is 15.4. The standard InChI is InChI=1S/C18H21NO3S2/c1-14(16-8-10-17(11-9-16)24(2,21)22)19-18(20)13-23-12-15-6-4-3-5-7-15/h3-11,14H,12-13H2,1-2H3,(H,19,20)/t14-/m0/s1. The fourth-order valence-corrected chi connectivity index (χ4v) is 3.64. The number of sulfone groups is 1. The van der Waals surface area contributed by atoms with Crippen molar-refractivity contribution in [1.29, 1.82) is 0 Å². The number of carbonyl (C=O) groups is 1. The van der Waals surface area contributed by atoms with Crippen molar-refractivity contribution in [3.05, 3.63) is 65.7 Å². The second-order valence-electron chi connectivity index (χ2n) is 5.61. The molecule has 2 rings (SSSR count). The highest BCUT2D eigenvalue weighted by molar-refractivity contribution is 7.99. The summed E-state index contributed by atoms with van der Waals surface area (Å²) in [5, 5.41) is 2.93. The summed E-state index contributed by atoms with van der Waals surface area (Å²) in [7, 11) is -3.20. The molecule has 0 spiro atoms. The van der Waals surface area contributed by atoms with E-state index in [-0.39, 0.29) is 16.8 Å². The number of hydrogen-bond acceptors (Lipinski definition) is 4. The van der Waals surface area contributed by atoms with Gasteiger partial charge >= 0.3 is 0 Å². The molecular weight excluding hydrogens is 342 g/mol. The molecule has 1 atom stereocenters. The van der Waals surface area contributed by atoms with Crippen molar-refractivity contribution < 1.29 is 13.2 Å². The summed E-state index contributed by atoms with van der Waals surface area (Å²) in [6.07, 6.45) is 1.18. The van der Waals surface area contributed by atoms with Gasteiger partial charge in [0, 0.05) is 12.0 Å². The minimum Gasteiger partial charge on any atom is -0.349 e. The molecular formula is C18H21NO3S2. The van der Waals surface area contributed by atoms with Crippen LogP contribution in [-0.2, 0) is 20.4 Å². The van der Waals surface area contributed by atoms with Gasteiger partial charge in [0.15, 0.2) is 9.84 Å². The smallest absolute Gasteiger partial charge is 0.230 e. The molecule has 128 valence electrons. The van der Waals surface area contributed by atoms with Gasteiger partial charge in [-0.1, -0.05) is 42.5 Å². The van der Waals surface area contributed by atoms with Gasteiger partial charge < -0.3 is 5.32 Å². The zero-order valence-electron chi connectivity index (χ0n) is 13.7. The summed E-state index contributed by atoms with van der Waals surface area (Å²) in [4.78, 5) is 12.3. The topological polar surface area (TPSA) is 63.2 Å². The Morgan fingerprint density at radius 2 is 1.71 bits per heavy atom. The van der Waals surface area contributed by atoms with Gasteiger partial charge in [-0.3, -0.25) is 4.79 Å². The fourth-order valence-electron chi connectivity index (χ4n) is 2.21. The van der Waals surface area contributed by atoms with E-state index in [1.165, 1.54) is 11.8 Å². The third-order valence-electron chi connectivity index (χ3n) is 3.53. The molecule has 2 aromatic rings. The summed E-state index contributed by atoms with van der Waals surface area (Å²) >= 11 is 1.57. The maximum absolute atomic E-state index is 12.0. The molecule has 2 aromatic carbocycles. The highest BCUT2D eigenvalue weighted by Gasteiger charge is 2.12. The summed E-state index contributed by atoms with van der Waals surface area (Å²) < 4.78 is 22.9. The number of amides is 1. The molecule has 0 aliphatic rings. The molecule has 24 heavy (non-hydrogen) atoms. The van der Waals surface area contributed by atoms with Crippen molar-refractivity contribution in [2.24, 2.45) is 0 Å². The lowest BCUT2D eigenvalue weighted by molar-refractivity contribution is -0.119. The van der Waals surface area contributed by atoms with E-state index in [0.717, 1.165) is 11.3 Å². The van der Waals surface area contributed by atoms with Crippen LogP contribution in [-0.4, -0.2) is 26.3 Å². The van der Waals surface area contributed by atoms with Gasteiger partial charge in [-0.05, 0) is 30.2 Å². The van der Waals surface area contributed by atoms with E-state index in [1.54, 1.807) is 36.0 Å². The van der Waals surface area contributed by atoms with Crippen LogP contribution in [0.3, 0.4) is 0 Å². The average molecular weight is 364 g/mol. The van der Waals surface area contributed by atoms with E-state index < -0.39 is 9.84 Å². The molecule has 0 fully saturated rings. The number of hydrogen-bond donors (Lipinski definition) is 1. The summed E-state index contributed by atoms with van der Waals surface area (Å²) in [5.74, 6) is 1.16. The minimum absolute atomic E-state index is 0.0318. The van der Waals surface area contributed by atoms with Crippen molar-refractivity contribution in [2.75, 3.05) is 12.0 Å². The van der Waals surface area contributed by atoms with Gasteiger partial charge in [-0.2, -0.15) is 0 Å². The van der Waals surface area contributed by atoms with Crippen LogP contribution in [0.2, 0.25) is 0 Å². The third kappa shape index (κ3) is 5.69. The van der Waals surface area contributed by atoms with Gasteiger partial charge in [0.2, 0.25) is 5.91 Å². The molecule has 0 aromatic heterocycles. The van der Waals surface area contributed by atoms with Gasteiger partial charge in [0.05, 0.1) is 16.7 Å². The van der Waals surface area contributed by atoms with Crippen LogP contribution in [0, 0.1) is 0 Å². The van der Waals surface area contributed by atoms with Crippen LogP contribution in [0.15, 0.2) is 59.5 Å². The Balaban J connectivity index is 1.83. The Bertz CT molecular complexity index is 772. The van der Waals surface area contributed by atoms with Gasteiger partial charge in [0.25, 0.3) is 0 Å². The number of nitrogens with one attached hydrogen (secondary N) is 1. The van der Waals surface area contributed by atoms with Gasteiger partial charge in [0.1, 0.15) is 0 Å². The summed E-state index contributed by atoms with van der Waals surface area (Å²) in [5.41, 5.74) is 2.07. The number of carbonyl (C=O) groups excluding carboxylic acids is 1. The fraction of sp³-hybridized carbons (Fsp3) is 0.278. The molecule has 6 heteroatoms. The van der Waals surface area contributed by atoms with Crippen molar-refractivity contribution in [1.82, 2.24) is 5.32 Å². The molecule has 1 N–H and O–H groups in total. The molecule has 0 heterocycles. The average Bonchev–Trinajstić information content (AvgIpc) is 2.55. The lowest BCUT2D eigenvalue weighted by Crippen LogP contribution is -2.28. The van der Waals surface area contributed by atoms with Crippen molar-refractivity contribution in [2.45, 2.75) is 23.6 Å². The Hall–Kier alpha value is -1.79. The first-order chi connectivity index (χ1) is 11.4. The molecule has 0 saturated carbocycles. The van der Waals surface area contributed by atoms with Crippen LogP contribution in [0.5, 0.6) is 0 Å². The quantitative estimate of drug-likeness (QED) is 0.820. The van der Waals surface area contributed by atoms with Crippen molar-refractivity contribution in [3.63, 3.8) is 0 Å². The number of rotatable bonds is 7. The number of thioether (sulfide) groups is 1. The first-order valence-corrected chi connectivity index (χ1v) is 10.6. The van der Waals surface area contributed by atoms with Crippen LogP contribution in [0.1, 0.15) is 24.1 Å². The van der Waals surface area contributed by atoms with E-state index in [2.05, 4.69) is 5.32 Å². The van der Waals surface area contributed by atoms with E-state index in [9.17, 15) is 13.2 Å². The first-order valence-electron chi connectivity index (χ1n) is 7.57. The zero-order chi connectivity index (χ0) is 17.6. The predicted molar refractivity (Wildman–Crippen MR) is 98.7 cm³/mol. The molecule has 0 bridgehead atoms. The largest absolute Gasteiger partial charge is 0.349 e. The first kappa shape index (κ1) is 18.5. The third-order valence-corrected chi connectivity index (χ3v) is 5.66. The van der Waals surface area contributed by atoms with Gasteiger partial charge in [-0.25, -0.2) is 8.42 Å². The number of benzene rings is 2.